The van der Waals surface area contributed by atoms with E-state index in [1.165, 1.54) is 6.42 Å². The highest BCUT2D eigenvalue weighted by molar-refractivity contribution is 6.08. The number of amidine groups is 1. The molecule has 190 valence electrons. The van der Waals surface area contributed by atoms with E-state index in [4.69, 9.17) is 9.73 Å². The van der Waals surface area contributed by atoms with Crippen LogP contribution in [-0.2, 0) is 16.1 Å². The Hall–Kier alpha value is -3.15. The summed E-state index contributed by atoms with van der Waals surface area (Å²) in [5, 5.41) is 9.58. The first-order valence-corrected chi connectivity index (χ1v) is 13.5. The minimum Gasteiger partial charge on any atom is -0.478 e. The molecule has 2 fully saturated rings. The third kappa shape index (κ3) is 4.65. The van der Waals surface area contributed by atoms with Crippen molar-refractivity contribution in [3.8, 4) is 16.9 Å². The molecule has 0 radical (unpaired) electrons. The van der Waals surface area contributed by atoms with Gasteiger partial charge in [0.25, 0.3) is 5.91 Å². The van der Waals surface area contributed by atoms with E-state index in [9.17, 15) is 14.7 Å². The molecule has 1 aliphatic heterocycles. The second-order valence-corrected chi connectivity index (χ2v) is 10.6. The fourth-order valence-corrected chi connectivity index (χ4v) is 5.68. The third-order valence-corrected chi connectivity index (χ3v) is 8.06. The number of hydrogen-bond donors (Lipinski definition) is 1. The normalized spacial score (nSPS) is 20.2. The zero-order chi connectivity index (χ0) is 25.2. The number of aliphatic imine (C=N–C) groups is 1. The second kappa shape index (κ2) is 10.1. The summed E-state index contributed by atoms with van der Waals surface area (Å²) < 4.78 is 5.93. The summed E-state index contributed by atoms with van der Waals surface area (Å²) in [6.07, 6.45) is 10.0. The SMILES string of the molecule is CCCCC1=NC2(CCCCC2)C(=O)N1Cc1ccc(-c2cccc(OC3(C(=O)O)CCC3)c2)cc1. The fourth-order valence-electron chi connectivity index (χ4n) is 5.68. The number of aliphatic carboxylic acids is 1. The van der Waals surface area contributed by atoms with Gasteiger partial charge in [-0.1, -0.05) is 69.0 Å². The number of hydrogen-bond acceptors (Lipinski definition) is 4. The van der Waals surface area contributed by atoms with Crippen LogP contribution in [0.2, 0.25) is 0 Å². The van der Waals surface area contributed by atoms with Gasteiger partial charge < -0.3 is 9.84 Å². The van der Waals surface area contributed by atoms with Gasteiger partial charge in [0.2, 0.25) is 5.60 Å². The summed E-state index contributed by atoms with van der Waals surface area (Å²) in [5.41, 5.74) is 1.48. The van der Waals surface area contributed by atoms with Gasteiger partial charge in [-0.25, -0.2) is 4.79 Å². The Labute approximate surface area is 213 Å². The molecule has 36 heavy (non-hydrogen) atoms. The molecule has 1 N–H and O–H groups in total. The molecule has 1 spiro atoms. The summed E-state index contributed by atoms with van der Waals surface area (Å²) >= 11 is 0. The van der Waals surface area contributed by atoms with Crippen LogP contribution in [0.5, 0.6) is 5.75 Å². The van der Waals surface area contributed by atoms with Crippen LogP contribution in [-0.4, -0.2) is 38.9 Å². The summed E-state index contributed by atoms with van der Waals surface area (Å²) in [7, 11) is 0. The van der Waals surface area contributed by atoms with E-state index in [0.717, 1.165) is 73.9 Å². The van der Waals surface area contributed by atoms with Gasteiger partial charge >= 0.3 is 5.97 Å². The van der Waals surface area contributed by atoms with Crippen molar-refractivity contribution < 1.29 is 19.4 Å². The Bertz CT molecular complexity index is 1140. The average molecular weight is 489 g/mol. The lowest BCUT2D eigenvalue weighted by atomic mass is 9.80. The number of carbonyl (C=O) groups is 2. The maximum atomic E-state index is 13.5. The van der Waals surface area contributed by atoms with Gasteiger partial charge in [0.05, 0.1) is 6.54 Å². The Balaban J connectivity index is 1.31. The Morgan fingerprint density at radius 1 is 1.00 bits per heavy atom. The van der Waals surface area contributed by atoms with E-state index in [1.54, 1.807) is 0 Å². The fraction of sp³-hybridized carbons (Fsp3) is 0.500. The van der Waals surface area contributed by atoms with Crippen LogP contribution in [0.3, 0.4) is 0 Å². The quantitative estimate of drug-likeness (QED) is 0.445. The number of carboxylic acids is 1. The Morgan fingerprint density at radius 3 is 2.39 bits per heavy atom. The first-order chi connectivity index (χ1) is 17.4. The lowest BCUT2D eigenvalue weighted by molar-refractivity contribution is -0.163. The number of nitrogens with zero attached hydrogens (tertiary/aromatic N) is 2. The number of ether oxygens (including phenoxy) is 1. The van der Waals surface area contributed by atoms with E-state index >= 15 is 0 Å². The van der Waals surface area contributed by atoms with Crippen LogP contribution in [0, 0.1) is 0 Å². The second-order valence-electron chi connectivity index (χ2n) is 10.6. The first-order valence-electron chi connectivity index (χ1n) is 13.5. The van der Waals surface area contributed by atoms with Crippen LogP contribution < -0.4 is 4.74 Å². The van der Waals surface area contributed by atoms with E-state index < -0.39 is 17.1 Å². The molecule has 0 atom stereocenters. The van der Waals surface area contributed by atoms with Crippen molar-refractivity contribution in [3.05, 3.63) is 54.1 Å². The molecule has 0 unspecified atom stereocenters. The summed E-state index contributed by atoms with van der Waals surface area (Å²) in [5.74, 6) is 0.833. The molecule has 2 aliphatic carbocycles. The molecule has 1 heterocycles. The van der Waals surface area contributed by atoms with Crippen LogP contribution in [0.1, 0.15) is 83.1 Å². The number of carbonyl (C=O) groups excluding carboxylic acids is 1. The molecule has 0 aromatic heterocycles. The zero-order valence-corrected chi connectivity index (χ0v) is 21.2. The Morgan fingerprint density at radius 2 is 1.75 bits per heavy atom. The lowest BCUT2D eigenvalue weighted by Gasteiger charge is -2.37. The lowest BCUT2D eigenvalue weighted by Crippen LogP contribution is -2.50. The zero-order valence-electron chi connectivity index (χ0n) is 21.2. The molecule has 2 aromatic carbocycles. The van der Waals surface area contributed by atoms with E-state index in [-0.39, 0.29) is 5.91 Å². The average Bonchev–Trinajstić information content (AvgIpc) is 3.11. The number of rotatable bonds is 9. The minimum atomic E-state index is -1.09. The van der Waals surface area contributed by atoms with Crippen LogP contribution in [0.25, 0.3) is 11.1 Å². The number of carboxylic acid groups (broad SMARTS) is 1. The molecule has 3 aliphatic rings. The smallest absolute Gasteiger partial charge is 0.348 e. The van der Waals surface area contributed by atoms with Gasteiger partial charge in [-0.15, -0.1) is 0 Å². The molecule has 2 saturated carbocycles. The minimum absolute atomic E-state index is 0.186. The maximum absolute atomic E-state index is 13.5. The number of benzene rings is 2. The highest BCUT2D eigenvalue weighted by Crippen LogP contribution is 2.40. The van der Waals surface area contributed by atoms with Crippen molar-refractivity contribution in [2.75, 3.05) is 0 Å². The summed E-state index contributed by atoms with van der Waals surface area (Å²) in [6.45, 7) is 2.72. The first kappa shape index (κ1) is 24.5. The summed E-state index contributed by atoms with van der Waals surface area (Å²) in [4.78, 5) is 32.2. The van der Waals surface area contributed by atoms with Gasteiger partial charge in [0.15, 0.2) is 0 Å². The molecule has 1 amide bonds. The highest BCUT2D eigenvalue weighted by atomic mass is 16.5. The molecule has 6 nitrogen and oxygen atoms in total. The van der Waals surface area contributed by atoms with Crippen molar-refractivity contribution in [2.24, 2.45) is 4.99 Å². The predicted molar refractivity (Wildman–Crippen MR) is 140 cm³/mol. The maximum Gasteiger partial charge on any atom is 0.348 e. The van der Waals surface area contributed by atoms with Crippen LogP contribution in [0.15, 0.2) is 53.5 Å². The van der Waals surface area contributed by atoms with Gasteiger partial charge in [-0.2, -0.15) is 0 Å². The molecule has 0 saturated heterocycles. The Kier molecular flexibility index (Phi) is 6.87. The van der Waals surface area contributed by atoms with Crippen molar-refractivity contribution in [1.29, 1.82) is 0 Å². The molecule has 5 rings (SSSR count). The molecule has 6 heteroatoms. The monoisotopic (exact) mass is 488 g/mol. The molecule has 0 bridgehead atoms. The van der Waals surface area contributed by atoms with Crippen LogP contribution in [0.4, 0.5) is 0 Å². The highest BCUT2D eigenvalue weighted by Gasteiger charge is 2.48. The number of amides is 1. The van der Waals surface area contributed by atoms with Gasteiger partial charge in [0.1, 0.15) is 17.1 Å². The molecular weight excluding hydrogens is 452 g/mol. The topological polar surface area (TPSA) is 79.2 Å². The van der Waals surface area contributed by atoms with Crippen molar-refractivity contribution in [3.63, 3.8) is 0 Å². The summed E-state index contributed by atoms with van der Waals surface area (Å²) in [6, 6.07) is 15.9. The van der Waals surface area contributed by atoms with Crippen molar-refractivity contribution in [1.82, 2.24) is 4.90 Å². The van der Waals surface area contributed by atoms with E-state index in [2.05, 4.69) is 31.2 Å². The van der Waals surface area contributed by atoms with E-state index in [0.29, 0.717) is 25.1 Å². The van der Waals surface area contributed by atoms with E-state index in [1.807, 2.05) is 29.2 Å². The predicted octanol–water partition coefficient (Wildman–Crippen LogP) is 6.37. The third-order valence-electron chi connectivity index (χ3n) is 8.06. The largest absolute Gasteiger partial charge is 0.478 e. The molecular formula is C30H36N2O4. The van der Waals surface area contributed by atoms with Gasteiger partial charge in [-0.05, 0) is 67.3 Å². The van der Waals surface area contributed by atoms with Gasteiger partial charge in [-0.3, -0.25) is 14.7 Å². The molecule has 2 aromatic rings. The number of unbranched alkanes of at least 4 members (excludes halogenated alkanes) is 1. The van der Waals surface area contributed by atoms with Crippen molar-refractivity contribution in [2.45, 2.75) is 95.2 Å². The van der Waals surface area contributed by atoms with Crippen LogP contribution >= 0.6 is 0 Å². The standard InChI is InChI=1S/C30H36N2O4/c1-2-3-11-26-31-29(16-5-4-6-17-29)27(33)32(26)21-22-12-14-23(15-13-22)24-9-7-10-25(20-24)36-30(28(34)35)18-8-19-30/h7,9-10,12-15,20H,2-6,8,11,16-19,21H2,1H3,(H,34,35). The van der Waals surface area contributed by atoms with Crippen molar-refractivity contribution >= 4 is 17.7 Å². The van der Waals surface area contributed by atoms with Gasteiger partial charge in [0, 0.05) is 6.42 Å².